The quantitative estimate of drug-likeness (QED) is 0.661. The zero-order chi connectivity index (χ0) is 21.1. The van der Waals surface area contributed by atoms with E-state index < -0.39 is 5.82 Å². The summed E-state index contributed by atoms with van der Waals surface area (Å²) in [6.07, 6.45) is 2.48. The van der Waals surface area contributed by atoms with Crippen LogP contribution in [-0.4, -0.2) is 54.9 Å². The van der Waals surface area contributed by atoms with Gasteiger partial charge in [0.15, 0.2) is 0 Å². The predicted octanol–water partition coefficient (Wildman–Crippen LogP) is 3.50. The topological polar surface area (TPSA) is 63.0 Å². The lowest BCUT2D eigenvalue weighted by molar-refractivity contribution is -0.130. The van der Waals surface area contributed by atoms with Gasteiger partial charge in [-0.05, 0) is 30.7 Å². The summed E-state index contributed by atoms with van der Waals surface area (Å²) >= 11 is 0. The second kappa shape index (κ2) is 8.57. The number of halogens is 1. The SMILES string of the molecule is COc1ccc2c(CC(=O)N3CCCN(C(=O)c4ccccc4F)CC3)coc2c1. The highest BCUT2D eigenvalue weighted by Gasteiger charge is 2.25. The van der Waals surface area contributed by atoms with Gasteiger partial charge in [-0.25, -0.2) is 4.39 Å². The molecule has 2 heterocycles. The number of fused-ring (bicyclic) bond motifs is 1. The van der Waals surface area contributed by atoms with Gasteiger partial charge in [-0.15, -0.1) is 0 Å². The molecule has 1 saturated heterocycles. The van der Waals surface area contributed by atoms with E-state index in [1.807, 2.05) is 12.1 Å². The van der Waals surface area contributed by atoms with E-state index in [1.54, 1.807) is 41.4 Å². The minimum Gasteiger partial charge on any atom is -0.497 e. The smallest absolute Gasteiger partial charge is 0.256 e. The van der Waals surface area contributed by atoms with Crippen LogP contribution in [-0.2, 0) is 11.2 Å². The minimum absolute atomic E-state index is 0.0197. The summed E-state index contributed by atoms with van der Waals surface area (Å²) in [4.78, 5) is 28.9. The Morgan fingerprint density at radius 1 is 1.07 bits per heavy atom. The number of carbonyl (C=O) groups is 2. The first-order valence-electron chi connectivity index (χ1n) is 9.92. The lowest BCUT2D eigenvalue weighted by Crippen LogP contribution is -2.38. The van der Waals surface area contributed by atoms with E-state index in [-0.39, 0.29) is 23.8 Å². The van der Waals surface area contributed by atoms with Crippen molar-refractivity contribution in [1.29, 1.82) is 0 Å². The van der Waals surface area contributed by atoms with Crippen molar-refractivity contribution in [3.8, 4) is 5.75 Å². The fraction of sp³-hybridized carbons (Fsp3) is 0.304. The summed E-state index contributed by atoms with van der Waals surface area (Å²) in [6.45, 7) is 1.85. The molecule has 0 atom stereocenters. The third-order valence-corrected chi connectivity index (χ3v) is 5.44. The van der Waals surface area contributed by atoms with Crippen LogP contribution in [0.4, 0.5) is 4.39 Å². The average molecular weight is 410 g/mol. The van der Waals surface area contributed by atoms with Crippen molar-refractivity contribution in [2.45, 2.75) is 12.8 Å². The molecule has 7 heteroatoms. The van der Waals surface area contributed by atoms with Crippen LogP contribution < -0.4 is 4.74 Å². The summed E-state index contributed by atoms with van der Waals surface area (Å²) in [5.74, 6) is -0.184. The van der Waals surface area contributed by atoms with Gasteiger partial charge < -0.3 is 19.0 Å². The van der Waals surface area contributed by atoms with Crippen LogP contribution in [0.25, 0.3) is 11.0 Å². The predicted molar refractivity (Wildman–Crippen MR) is 110 cm³/mol. The molecular weight excluding hydrogens is 387 g/mol. The zero-order valence-electron chi connectivity index (χ0n) is 16.8. The van der Waals surface area contributed by atoms with Crippen LogP contribution in [0.15, 0.2) is 53.1 Å². The van der Waals surface area contributed by atoms with Crippen molar-refractivity contribution >= 4 is 22.8 Å². The van der Waals surface area contributed by atoms with Crippen LogP contribution in [0.3, 0.4) is 0 Å². The van der Waals surface area contributed by atoms with Crippen molar-refractivity contribution in [2.75, 3.05) is 33.3 Å². The normalized spacial score (nSPS) is 14.6. The first kappa shape index (κ1) is 19.9. The van der Waals surface area contributed by atoms with Crippen molar-refractivity contribution in [3.05, 3.63) is 65.7 Å². The van der Waals surface area contributed by atoms with Crippen molar-refractivity contribution in [3.63, 3.8) is 0 Å². The molecule has 2 amide bonds. The van der Waals surface area contributed by atoms with Crippen LogP contribution >= 0.6 is 0 Å². The van der Waals surface area contributed by atoms with Gasteiger partial charge in [0.1, 0.15) is 17.1 Å². The second-order valence-electron chi connectivity index (χ2n) is 7.31. The van der Waals surface area contributed by atoms with E-state index in [0.717, 1.165) is 10.9 Å². The maximum absolute atomic E-state index is 14.0. The molecule has 1 aliphatic rings. The molecule has 0 spiro atoms. The Morgan fingerprint density at radius 2 is 1.83 bits per heavy atom. The first-order valence-corrected chi connectivity index (χ1v) is 9.92. The Morgan fingerprint density at radius 3 is 2.63 bits per heavy atom. The molecular formula is C23H23FN2O4. The Kier molecular flexibility index (Phi) is 5.70. The number of methoxy groups -OCH3 is 1. The van der Waals surface area contributed by atoms with E-state index in [2.05, 4.69) is 0 Å². The molecule has 6 nitrogen and oxygen atoms in total. The number of benzene rings is 2. The zero-order valence-corrected chi connectivity index (χ0v) is 16.8. The van der Waals surface area contributed by atoms with Crippen molar-refractivity contribution < 1.29 is 23.1 Å². The van der Waals surface area contributed by atoms with Crippen LogP contribution in [0.5, 0.6) is 5.75 Å². The summed E-state index contributed by atoms with van der Waals surface area (Å²) < 4.78 is 24.7. The molecule has 0 unspecified atom stereocenters. The molecule has 3 aromatic rings. The van der Waals surface area contributed by atoms with E-state index in [9.17, 15) is 14.0 Å². The number of furan rings is 1. The maximum Gasteiger partial charge on any atom is 0.256 e. The number of rotatable bonds is 4. The van der Waals surface area contributed by atoms with Gasteiger partial charge in [0.2, 0.25) is 5.91 Å². The van der Waals surface area contributed by atoms with Crippen LogP contribution in [0.1, 0.15) is 22.3 Å². The largest absolute Gasteiger partial charge is 0.497 e. The Balaban J connectivity index is 1.41. The van der Waals surface area contributed by atoms with Crippen molar-refractivity contribution in [1.82, 2.24) is 9.80 Å². The number of carbonyl (C=O) groups excluding carboxylic acids is 2. The van der Waals surface area contributed by atoms with E-state index in [1.165, 1.54) is 12.1 Å². The lowest BCUT2D eigenvalue weighted by Gasteiger charge is -2.22. The molecule has 1 aromatic heterocycles. The Labute approximate surface area is 173 Å². The highest BCUT2D eigenvalue weighted by molar-refractivity contribution is 5.94. The highest BCUT2D eigenvalue weighted by Crippen LogP contribution is 2.26. The van der Waals surface area contributed by atoms with Gasteiger partial charge in [-0.2, -0.15) is 0 Å². The molecule has 1 aliphatic heterocycles. The Hall–Kier alpha value is -3.35. The summed E-state index contributed by atoms with van der Waals surface area (Å²) in [5.41, 5.74) is 1.56. The molecule has 0 radical (unpaired) electrons. The first-order chi connectivity index (χ1) is 14.6. The van der Waals surface area contributed by atoms with Gasteiger partial charge >= 0.3 is 0 Å². The molecule has 156 valence electrons. The molecule has 0 N–H and O–H groups in total. The molecule has 0 aliphatic carbocycles. The van der Waals surface area contributed by atoms with Crippen molar-refractivity contribution in [2.24, 2.45) is 0 Å². The van der Waals surface area contributed by atoms with E-state index in [4.69, 9.17) is 9.15 Å². The van der Waals surface area contributed by atoms with Gasteiger partial charge in [0.05, 0.1) is 25.4 Å². The Bertz CT molecular complexity index is 1080. The maximum atomic E-state index is 14.0. The standard InChI is InChI=1S/C23H23FN2O4/c1-29-17-7-8-18-16(15-30-21(18)14-17)13-22(27)25-9-4-10-26(12-11-25)23(28)19-5-2-3-6-20(19)24/h2-3,5-8,14-15H,4,9-13H2,1H3. The van der Waals surface area contributed by atoms with Crippen LogP contribution in [0.2, 0.25) is 0 Å². The number of nitrogens with zero attached hydrogens (tertiary/aromatic N) is 2. The van der Waals surface area contributed by atoms with Gasteiger partial charge in [-0.3, -0.25) is 9.59 Å². The average Bonchev–Trinajstić information content (AvgIpc) is 2.98. The third-order valence-electron chi connectivity index (χ3n) is 5.44. The second-order valence-corrected chi connectivity index (χ2v) is 7.31. The fourth-order valence-electron chi connectivity index (χ4n) is 3.78. The summed E-state index contributed by atoms with van der Waals surface area (Å²) in [5, 5.41) is 0.885. The minimum atomic E-state index is -0.525. The third kappa shape index (κ3) is 4.01. The monoisotopic (exact) mass is 410 g/mol. The van der Waals surface area contributed by atoms with Crippen LogP contribution in [0, 0.1) is 5.82 Å². The van der Waals surface area contributed by atoms with Gasteiger partial charge in [0, 0.05) is 43.2 Å². The van der Waals surface area contributed by atoms with Gasteiger partial charge in [-0.1, -0.05) is 12.1 Å². The van der Waals surface area contributed by atoms with Gasteiger partial charge in [0.25, 0.3) is 5.91 Å². The molecule has 1 fully saturated rings. The lowest BCUT2D eigenvalue weighted by atomic mass is 10.1. The number of hydrogen-bond donors (Lipinski definition) is 0. The summed E-state index contributed by atoms with van der Waals surface area (Å²) in [7, 11) is 1.59. The fourth-order valence-corrected chi connectivity index (χ4v) is 3.78. The number of ether oxygens (including phenoxy) is 1. The molecule has 2 aromatic carbocycles. The molecule has 0 bridgehead atoms. The molecule has 4 rings (SSSR count). The van der Waals surface area contributed by atoms with E-state index >= 15 is 0 Å². The highest BCUT2D eigenvalue weighted by atomic mass is 19.1. The molecule has 30 heavy (non-hydrogen) atoms. The van der Waals surface area contributed by atoms with E-state index in [0.29, 0.717) is 43.9 Å². The number of amides is 2. The number of hydrogen-bond acceptors (Lipinski definition) is 4. The summed E-state index contributed by atoms with van der Waals surface area (Å²) in [6, 6.07) is 11.5. The molecule has 0 saturated carbocycles.